The van der Waals surface area contributed by atoms with Crippen LogP contribution in [0.15, 0.2) is 36.7 Å². The SMILES string of the molecule is Cc1ccccc1Oc1cc(N2CCC(C)CC2)ncn1. The number of benzene rings is 1. The highest BCUT2D eigenvalue weighted by atomic mass is 16.5. The summed E-state index contributed by atoms with van der Waals surface area (Å²) in [6.45, 7) is 6.46. The predicted molar refractivity (Wildman–Crippen MR) is 83.9 cm³/mol. The molecule has 0 amide bonds. The Morgan fingerprint density at radius 3 is 2.67 bits per heavy atom. The highest BCUT2D eigenvalue weighted by molar-refractivity contribution is 5.43. The zero-order valence-electron chi connectivity index (χ0n) is 12.6. The topological polar surface area (TPSA) is 38.2 Å². The van der Waals surface area contributed by atoms with Crippen LogP contribution in [0.3, 0.4) is 0 Å². The van der Waals surface area contributed by atoms with Gasteiger partial charge in [0.15, 0.2) is 0 Å². The van der Waals surface area contributed by atoms with Crippen molar-refractivity contribution in [3.8, 4) is 11.6 Å². The molecule has 2 aromatic rings. The second kappa shape index (κ2) is 6.12. The Bertz CT molecular complexity index is 606. The van der Waals surface area contributed by atoms with Crippen molar-refractivity contribution in [1.82, 2.24) is 9.97 Å². The van der Waals surface area contributed by atoms with Gasteiger partial charge in [0, 0.05) is 19.2 Å². The van der Waals surface area contributed by atoms with Gasteiger partial charge in [-0.3, -0.25) is 0 Å². The second-order valence-electron chi connectivity index (χ2n) is 5.75. The van der Waals surface area contributed by atoms with Crippen LogP contribution in [0.1, 0.15) is 25.3 Å². The molecule has 4 nitrogen and oxygen atoms in total. The van der Waals surface area contributed by atoms with E-state index < -0.39 is 0 Å². The molecule has 0 bridgehead atoms. The molecule has 0 radical (unpaired) electrons. The van der Waals surface area contributed by atoms with E-state index in [2.05, 4.69) is 21.8 Å². The Balaban J connectivity index is 1.76. The van der Waals surface area contributed by atoms with E-state index in [-0.39, 0.29) is 0 Å². The first-order valence-electron chi connectivity index (χ1n) is 7.53. The van der Waals surface area contributed by atoms with E-state index in [0.717, 1.165) is 36.1 Å². The molecule has 0 saturated carbocycles. The van der Waals surface area contributed by atoms with Crippen LogP contribution in [0.25, 0.3) is 0 Å². The summed E-state index contributed by atoms with van der Waals surface area (Å²) in [5.74, 6) is 3.22. The first-order chi connectivity index (χ1) is 10.2. The van der Waals surface area contributed by atoms with Gasteiger partial charge in [-0.15, -0.1) is 0 Å². The number of hydrogen-bond donors (Lipinski definition) is 0. The second-order valence-corrected chi connectivity index (χ2v) is 5.75. The Hall–Kier alpha value is -2.10. The molecular formula is C17H21N3O. The van der Waals surface area contributed by atoms with Gasteiger partial charge in [-0.2, -0.15) is 0 Å². The third-order valence-electron chi connectivity index (χ3n) is 4.04. The summed E-state index contributed by atoms with van der Waals surface area (Å²) in [6.07, 6.45) is 4.02. The highest BCUT2D eigenvalue weighted by Crippen LogP contribution is 2.26. The average molecular weight is 283 g/mol. The van der Waals surface area contributed by atoms with Gasteiger partial charge < -0.3 is 9.64 Å². The van der Waals surface area contributed by atoms with Crippen LogP contribution < -0.4 is 9.64 Å². The lowest BCUT2D eigenvalue weighted by Gasteiger charge is -2.31. The summed E-state index contributed by atoms with van der Waals surface area (Å²) in [5, 5.41) is 0. The van der Waals surface area contributed by atoms with Crippen LogP contribution in [0.2, 0.25) is 0 Å². The van der Waals surface area contributed by atoms with Gasteiger partial charge in [-0.25, -0.2) is 9.97 Å². The molecule has 0 aliphatic carbocycles. The van der Waals surface area contributed by atoms with Crippen molar-refractivity contribution >= 4 is 5.82 Å². The van der Waals surface area contributed by atoms with Crippen LogP contribution in [0.4, 0.5) is 5.82 Å². The highest BCUT2D eigenvalue weighted by Gasteiger charge is 2.17. The van der Waals surface area contributed by atoms with Crippen LogP contribution in [0, 0.1) is 12.8 Å². The molecule has 1 aliphatic rings. The molecule has 1 fully saturated rings. The first kappa shape index (κ1) is 13.9. The van der Waals surface area contributed by atoms with Gasteiger partial charge in [0.05, 0.1) is 0 Å². The summed E-state index contributed by atoms with van der Waals surface area (Å²) in [5.41, 5.74) is 1.10. The number of aromatic nitrogens is 2. The van der Waals surface area contributed by atoms with Crippen molar-refractivity contribution in [2.24, 2.45) is 5.92 Å². The number of ether oxygens (including phenoxy) is 1. The summed E-state index contributed by atoms with van der Waals surface area (Å²) < 4.78 is 5.88. The maximum atomic E-state index is 5.88. The molecule has 1 aliphatic heterocycles. The predicted octanol–water partition coefficient (Wildman–Crippen LogP) is 3.81. The number of aryl methyl sites for hydroxylation is 1. The molecule has 110 valence electrons. The fourth-order valence-electron chi connectivity index (χ4n) is 2.58. The van der Waals surface area contributed by atoms with E-state index in [1.165, 1.54) is 12.8 Å². The summed E-state index contributed by atoms with van der Waals surface area (Å²) >= 11 is 0. The fourth-order valence-corrected chi connectivity index (χ4v) is 2.58. The standard InChI is InChI=1S/C17H21N3O/c1-13-7-9-20(10-8-13)16-11-17(19-12-18-16)21-15-6-4-3-5-14(15)2/h3-6,11-13H,7-10H2,1-2H3. The number of nitrogens with zero attached hydrogens (tertiary/aromatic N) is 3. The summed E-state index contributed by atoms with van der Waals surface area (Å²) in [4.78, 5) is 10.9. The Kier molecular flexibility index (Phi) is 4.04. The molecule has 0 atom stereocenters. The Morgan fingerprint density at radius 2 is 1.90 bits per heavy atom. The van der Waals surface area contributed by atoms with Crippen molar-refractivity contribution < 1.29 is 4.74 Å². The van der Waals surface area contributed by atoms with Crippen molar-refractivity contribution in [2.45, 2.75) is 26.7 Å². The minimum absolute atomic E-state index is 0.605. The monoisotopic (exact) mass is 283 g/mol. The van der Waals surface area contributed by atoms with Gasteiger partial charge in [0.2, 0.25) is 5.88 Å². The molecule has 0 unspecified atom stereocenters. The van der Waals surface area contributed by atoms with Crippen molar-refractivity contribution in [2.75, 3.05) is 18.0 Å². The Labute approximate surface area is 125 Å². The average Bonchev–Trinajstić information content (AvgIpc) is 2.51. The summed E-state index contributed by atoms with van der Waals surface area (Å²) in [7, 11) is 0. The smallest absolute Gasteiger partial charge is 0.224 e. The third-order valence-corrected chi connectivity index (χ3v) is 4.04. The molecule has 3 rings (SSSR count). The zero-order valence-corrected chi connectivity index (χ0v) is 12.6. The number of piperidine rings is 1. The van der Waals surface area contributed by atoms with Gasteiger partial charge in [0.1, 0.15) is 17.9 Å². The first-order valence-corrected chi connectivity index (χ1v) is 7.53. The maximum Gasteiger partial charge on any atom is 0.224 e. The summed E-state index contributed by atoms with van der Waals surface area (Å²) in [6, 6.07) is 9.89. The van der Waals surface area contributed by atoms with E-state index in [0.29, 0.717) is 5.88 Å². The normalized spacial score (nSPS) is 16.0. The molecule has 0 N–H and O–H groups in total. The Morgan fingerprint density at radius 1 is 1.14 bits per heavy atom. The fraction of sp³-hybridized carbons (Fsp3) is 0.412. The molecule has 1 aromatic heterocycles. The van der Waals surface area contributed by atoms with Crippen molar-refractivity contribution in [1.29, 1.82) is 0 Å². The van der Waals surface area contributed by atoms with Gasteiger partial charge in [-0.1, -0.05) is 25.1 Å². The molecule has 1 saturated heterocycles. The van der Waals surface area contributed by atoms with Gasteiger partial charge in [0.25, 0.3) is 0 Å². The lowest BCUT2D eigenvalue weighted by molar-refractivity contribution is 0.433. The minimum Gasteiger partial charge on any atom is -0.439 e. The molecular weight excluding hydrogens is 262 g/mol. The minimum atomic E-state index is 0.605. The van der Waals surface area contributed by atoms with Crippen LogP contribution >= 0.6 is 0 Å². The molecule has 0 spiro atoms. The van der Waals surface area contributed by atoms with Crippen molar-refractivity contribution in [3.05, 3.63) is 42.2 Å². The van der Waals surface area contributed by atoms with E-state index in [4.69, 9.17) is 4.74 Å². The van der Waals surface area contributed by atoms with Crippen LogP contribution in [0.5, 0.6) is 11.6 Å². The lowest BCUT2D eigenvalue weighted by Crippen LogP contribution is -2.33. The van der Waals surface area contributed by atoms with E-state index >= 15 is 0 Å². The third kappa shape index (κ3) is 3.32. The maximum absolute atomic E-state index is 5.88. The number of para-hydroxylation sites is 1. The zero-order chi connectivity index (χ0) is 14.7. The lowest BCUT2D eigenvalue weighted by atomic mass is 9.99. The molecule has 1 aromatic carbocycles. The van der Waals surface area contributed by atoms with Crippen LogP contribution in [-0.2, 0) is 0 Å². The van der Waals surface area contributed by atoms with E-state index in [1.807, 2.05) is 37.3 Å². The number of anilines is 1. The largest absolute Gasteiger partial charge is 0.439 e. The molecule has 2 heterocycles. The van der Waals surface area contributed by atoms with Crippen LogP contribution in [-0.4, -0.2) is 23.1 Å². The van der Waals surface area contributed by atoms with E-state index in [1.54, 1.807) is 6.33 Å². The quantitative estimate of drug-likeness (QED) is 0.858. The van der Waals surface area contributed by atoms with E-state index in [9.17, 15) is 0 Å². The molecule has 4 heteroatoms. The molecule has 21 heavy (non-hydrogen) atoms. The van der Waals surface area contributed by atoms with Gasteiger partial charge in [-0.05, 0) is 37.3 Å². The van der Waals surface area contributed by atoms with Gasteiger partial charge >= 0.3 is 0 Å². The number of rotatable bonds is 3. The van der Waals surface area contributed by atoms with Crippen molar-refractivity contribution in [3.63, 3.8) is 0 Å². The number of hydrogen-bond acceptors (Lipinski definition) is 4.